The van der Waals surface area contributed by atoms with Gasteiger partial charge < -0.3 is 10.2 Å². The van der Waals surface area contributed by atoms with E-state index in [2.05, 4.69) is 5.32 Å². The summed E-state index contributed by atoms with van der Waals surface area (Å²) in [6, 6.07) is 13.4. The van der Waals surface area contributed by atoms with Crippen LogP contribution in [0.25, 0.3) is 0 Å². The van der Waals surface area contributed by atoms with Gasteiger partial charge in [-0.2, -0.15) is 0 Å². The lowest BCUT2D eigenvalue weighted by Crippen LogP contribution is -2.37. The zero-order valence-corrected chi connectivity index (χ0v) is 14.7. The first kappa shape index (κ1) is 17.7. The third-order valence-corrected chi connectivity index (χ3v) is 4.12. The molecule has 0 aliphatic heterocycles. The molecular weight excluding hydrogens is 300 g/mol. The van der Waals surface area contributed by atoms with Crippen molar-refractivity contribution in [3.05, 3.63) is 64.7 Å². The van der Waals surface area contributed by atoms with Crippen LogP contribution >= 0.6 is 0 Å². The fourth-order valence-electron chi connectivity index (χ4n) is 2.45. The van der Waals surface area contributed by atoms with Gasteiger partial charge in [-0.3, -0.25) is 9.59 Å². The lowest BCUT2D eigenvalue weighted by atomic mass is 10.1. The van der Waals surface area contributed by atoms with Crippen molar-refractivity contribution >= 4 is 17.5 Å². The maximum Gasteiger partial charge on any atom is 0.251 e. The van der Waals surface area contributed by atoms with Gasteiger partial charge in [0.15, 0.2) is 0 Å². The summed E-state index contributed by atoms with van der Waals surface area (Å²) in [4.78, 5) is 25.7. The van der Waals surface area contributed by atoms with Gasteiger partial charge in [0.25, 0.3) is 5.91 Å². The Hall–Kier alpha value is -2.62. The summed E-state index contributed by atoms with van der Waals surface area (Å²) in [5.74, 6) is -0.165. The van der Waals surface area contributed by atoms with E-state index in [1.54, 1.807) is 17.0 Å². The minimum absolute atomic E-state index is 0.0390. The predicted molar refractivity (Wildman–Crippen MR) is 97.5 cm³/mol. The molecule has 2 amide bonds. The number of nitrogens with one attached hydrogen (secondary N) is 1. The molecule has 0 radical (unpaired) electrons. The van der Waals surface area contributed by atoms with E-state index < -0.39 is 0 Å². The highest BCUT2D eigenvalue weighted by Gasteiger charge is 2.13. The van der Waals surface area contributed by atoms with Crippen molar-refractivity contribution in [2.24, 2.45) is 0 Å². The highest BCUT2D eigenvalue weighted by Crippen LogP contribution is 2.18. The number of hydrogen-bond acceptors (Lipinski definition) is 2. The molecule has 0 heterocycles. The van der Waals surface area contributed by atoms with E-state index in [9.17, 15) is 9.59 Å². The minimum atomic E-state index is -0.126. The van der Waals surface area contributed by atoms with Gasteiger partial charge in [0.1, 0.15) is 0 Å². The molecule has 0 saturated heterocycles. The van der Waals surface area contributed by atoms with Gasteiger partial charge in [-0.1, -0.05) is 23.8 Å². The molecule has 0 unspecified atom stereocenters. The molecule has 1 N–H and O–H groups in total. The van der Waals surface area contributed by atoms with Crippen molar-refractivity contribution < 1.29 is 9.59 Å². The minimum Gasteiger partial charge on any atom is -0.350 e. The zero-order valence-electron chi connectivity index (χ0n) is 14.7. The first-order valence-electron chi connectivity index (χ1n) is 8.08. The summed E-state index contributed by atoms with van der Waals surface area (Å²) in [6.07, 6.45) is 0. The largest absolute Gasteiger partial charge is 0.350 e. The first-order chi connectivity index (χ1) is 11.4. The summed E-state index contributed by atoms with van der Waals surface area (Å²) < 4.78 is 0. The van der Waals surface area contributed by atoms with Crippen LogP contribution in [0.1, 0.15) is 34.0 Å². The van der Waals surface area contributed by atoms with Gasteiger partial charge in [0.2, 0.25) is 5.91 Å². The Labute approximate surface area is 143 Å². The van der Waals surface area contributed by atoms with Crippen LogP contribution < -0.4 is 10.2 Å². The van der Waals surface area contributed by atoms with E-state index in [0.717, 1.165) is 16.8 Å². The van der Waals surface area contributed by atoms with Crippen LogP contribution in [-0.4, -0.2) is 24.9 Å². The van der Waals surface area contributed by atoms with Crippen molar-refractivity contribution in [3.63, 3.8) is 0 Å². The molecule has 0 atom stereocenters. The predicted octanol–water partition coefficient (Wildman–Crippen LogP) is 3.39. The summed E-state index contributed by atoms with van der Waals surface area (Å²) in [6.45, 7) is 8.43. The second kappa shape index (κ2) is 7.77. The number of carbonyl (C=O) groups excluding carboxylic acids is 2. The number of aryl methyl sites for hydroxylation is 3. The molecule has 0 aliphatic carbocycles. The molecule has 2 aromatic carbocycles. The molecule has 0 fully saturated rings. The van der Waals surface area contributed by atoms with Crippen LogP contribution in [0.5, 0.6) is 0 Å². The van der Waals surface area contributed by atoms with Crippen LogP contribution in [0, 0.1) is 20.8 Å². The smallest absolute Gasteiger partial charge is 0.251 e. The molecule has 0 aromatic heterocycles. The summed E-state index contributed by atoms with van der Waals surface area (Å²) in [5, 5.41) is 2.87. The van der Waals surface area contributed by atoms with E-state index in [0.29, 0.717) is 18.7 Å². The second-order valence-corrected chi connectivity index (χ2v) is 6.06. The van der Waals surface area contributed by atoms with E-state index in [4.69, 9.17) is 0 Å². The molecule has 4 nitrogen and oxygen atoms in total. The van der Waals surface area contributed by atoms with E-state index in [1.807, 2.05) is 51.1 Å². The van der Waals surface area contributed by atoms with Crippen LogP contribution in [-0.2, 0) is 4.79 Å². The van der Waals surface area contributed by atoms with Gasteiger partial charge in [-0.25, -0.2) is 0 Å². The zero-order chi connectivity index (χ0) is 17.7. The Kier molecular flexibility index (Phi) is 5.74. The number of carbonyl (C=O) groups is 2. The highest BCUT2D eigenvalue weighted by molar-refractivity contribution is 5.94. The topological polar surface area (TPSA) is 49.4 Å². The Bertz CT molecular complexity index is 736. The number of benzene rings is 2. The normalized spacial score (nSPS) is 10.3. The molecule has 126 valence electrons. The maximum absolute atomic E-state index is 12.1. The number of amides is 2. The lowest BCUT2D eigenvalue weighted by Gasteiger charge is -2.22. The average molecular weight is 324 g/mol. The van der Waals surface area contributed by atoms with Gasteiger partial charge >= 0.3 is 0 Å². The van der Waals surface area contributed by atoms with Crippen molar-refractivity contribution in [2.75, 3.05) is 18.0 Å². The molecule has 24 heavy (non-hydrogen) atoms. The van der Waals surface area contributed by atoms with E-state index in [-0.39, 0.29) is 11.8 Å². The summed E-state index contributed by atoms with van der Waals surface area (Å²) in [5.41, 5.74) is 4.93. The van der Waals surface area contributed by atoms with Crippen LogP contribution in [0.15, 0.2) is 42.5 Å². The van der Waals surface area contributed by atoms with E-state index >= 15 is 0 Å². The molecule has 4 heteroatoms. The second-order valence-electron chi connectivity index (χ2n) is 6.06. The highest BCUT2D eigenvalue weighted by atomic mass is 16.2. The van der Waals surface area contributed by atoms with Gasteiger partial charge in [0.05, 0.1) is 0 Å². The number of rotatable bonds is 5. The molecule has 2 rings (SSSR count). The molecule has 0 aliphatic rings. The SMILES string of the molecule is CC(=O)N(CCNC(=O)c1ccc(C)cc1)c1ccc(C)c(C)c1. The Morgan fingerprint density at radius 1 is 0.958 bits per heavy atom. The fraction of sp³-hybridized carbons (Fsp3) is 0.300. The first-order valence-corrected chi connectivity index (χ1v) is 8.08. The molecule has 0 bridgehead atoms. The third-order valence-electron chi connectivity index (χ3n) is 4.12. The van der Waals surface area contributed by atoms with Crippen LogP contribution in [0.4, 0.5) is 5.69 Å². The average Bonchev–Trinajstić information content (AvgIpc) is 2.54. The molecule has 2 aromatic rings. The maximum atomic E-state index is 12.1. The Morgan fingerprint density at radius 2 is 1.62 bits per heavy atom. The van der Waals surface area contributed by atoms with Crippen molar-refractivity contribution in [1.82, 2.24) is 5.32 Å². The third kappa shape index (κ3) is 4.44. The monoisotopic (exact) mass is 324 g/mol. The van der Waals surface area contributed by atoms with Gasteiger partial charge in [0, 0.05) is 31.3 Å². The fourth-order valence-corrected chi connectivity index (χ4v) is 2.45. The van der Waals surface area contributed by atoms with Crippen molar-refractivity contribution in [1.29, 1.82) is 0 Å². The Morgan fingerprint density at radius 3 is 2.21 bits per heavy atom. The summed E-state index contributed by atoms with van der Waals surface area (Å²) >= 11 is 0. The Balaban J connectivity index is 1.99. The molecule has 0 saturated carbocycles. The quantitative estimate of drug-likeness (QED) is 0.916. The number of hydrogen-bond donors (Lipinski definition) is 1. The van der Waals surface area contributed by atoms with Gasteiger partial charge in [-0.15, -0.1) is 0 Å². The lowest BCUT2D eigenvalue weighted by molar-refractivity contribution is -0.116. The van der Waals surface area contributed by atoms with Crippen molar-refractivity contribution in [3.8, 4) is 0 Å². The molecular formula is C20H24N2O2. The summed E-state index contributed by atoms with van der Waals surface area (Å²) in [7, 11) is 0. The van der Waals surface area contributed by atoms with Crippen LogP contribution in [0.2, 0.25) is 0 Å². The van der Waals surface area contributed by atoms with Crippen molar-refractivity contribution in [2.45, 2.75) is 27.7 Å². The molecule has 0 spiro atoms. The van der Waals surface area contributed by atoms with E-state index in [1.165, 1.54) is 12.5 Å². The number of anilines is 1. The van der Waals surface area contributed by atoms with Gasteiger partial charge in [-0.05, 0) is 56.2 Å². The number of nitrogens with zero attached hydrogens (tertiary/aromatic N) is 1. The standard InChI is InChI=1S/C20H24N2O2/c1-14-5-8-18(9-6-14)20(24)21-11-12-22(17(4)23)19-10-7-15(2)16(3)13-19/h5-10,13H,11-12H2,1-4H3,(H,21,24). The van der Waals surface area contributed by atoms with Crippen LogP contribution in [0.3, 0.4) is 0 Å².